The minimum atomic E-state index is -5.11. The first-order valence-electron chi connectivity index (χ1n) is 12.3. The number of ether oxygens (including phenoxy) is 1. The Morgan fingerprint density at radius 3 is 2.32 bits per heavy atom. The van der Waals surface area contributed by atoms with Gasteiger partial charge in [0.1, 0.15) is 12.1 Å². The number of esters is 1. The fourth-order valence-corrected chi connectivity index (χ4v) is 4.01. The summed E-state index contributed by atoms with van der Waals surface area (Å²) < 4.78 is 88.6. The van der Waals surface area contributed by atoms with Gasteiger partial charge in [0.25, 0.3) is 5.91 Å². The zero-order chi connectivity index (χ0) is 32.4. The van der Waals surface area contributed by atoms with Crippen LogP contribution in [0.3, 0.4) is 0 Å². The summed E-state index contributed by atoms with van der Waals surface area (Å²) in [5.41, 5.74) is 8.17. The number of carbonyl (C=O) groups is 2. The molecule has 0 aliphatic rings. The van der Waals surface area contributed by atoms with E-state index in [2.05, 4.69) is 24.9 Å². The highest BCUT2D eigenvalue weighted by atomic mass is 35.5. The molecule has 0 radical (unpaired) electrons. The lowest BCUT2D eigenvalue weighted by atomic mass is 10.2. The van der Waals surface area contributed by atoms with Gasteiger partial charge in [-0.3, -0.25) is 14.2 Å². The summed E-state index contributed by atoms with van der Waals surface area (Å²) in [4.78, 5) is 44.7. The standard InChI is InChI=1S/C24H20ClF6N9O4/c25-13-5-3-12(4-6-13)19-37-39(22(43)38(19)10-15(24(29,30)31)44-17(41)7-8-32)11-16-35-21(18(33)42)40(36-16)20-14(23(26,27)28)2-1-9-34-20/h1-6,9,15H,7-8,10-11,32H2,(H2,33,42)/t15-/m0/s1. The van der Waals surface area contributed by atoms with Crippen molar-refractivity contribution in [1.29, 1.82) is 0 Å². The monoisotopic (exact) mass is 647 g/mol. The maximum absolute atomic E-state index is 13.9. The number of aromatic nitrogens is 7. The van der Waals surface area contributed by atoms with Gasteiger partial charge in [0.05, 0.1) is 13.0 Å². The van der Waals surface area contributed by atoms with Gasteiger partial charge in [-0.15, -0.1) is 10.2 Å². The van der Waals surface area contributed by atoms with Crippen molar-refractivity contribution in [1.82, 2.24) is 34.1 Å². The topological polar surface area (TPSA) is 179 Å². The number of benzene rings is 1. The number of hydrogen-bond acceptors (Lipinski definition) is 9. The zero-order valence-electron chi connectivity index (χ0n) is 22.0. The number of carbonyl (C=O) groups excluding carboxylic acids is 2. The van der Waals surface area contributed by atoms with Gasteiger partial charge in [-0.2, -0.15) is 31.0 Å². The molecule has 44 heavy (non-hydrogen) atoms. The molecule has 234 valence electrons. The zero-order valence-corrected chi connectivity index (χ0v) is 22.8. The van der Waals surface area contributed by atoms with Crippen LogP contribution in [0.1, 0.15) is 28.4 Å². The van der Waals surface area contributed by atoms with E-state index >= 15 is 0 Å². The van der Waals surface area contributed by atoms with Crippen LogP contribution in [0.4, 0.5) is 26.3 Å². The van der Waals surface area contributed by atoms with Crippen LogP contribution in [0.15, 0.2) is 47.4 Å². The maximum atomic E-state index is 13.9. The van der Waals surface area contributed by atoms with Crippen LogP contribution in [0.2, 0.25) is 5.02 Å². The van der Waals surface area contributed by atoms with E-state index in [0.717, 1.165) is 12.3 Å². The fourth-order valence-electron chi connectivity index (χ4n) is 3.88. The van der Waals surface area contributed by atoms with Gasteiger partial charge in [-0.1, -0.05) is 11.6 Å². The first kappa shape index (κ1) is 32.1. The molecule has 4 rings (SSSR count). The van der Waals surface area contributed by atoms with Crippen LogP contribution >= 0.6 is 11.6 Å². The Hall–Kier alpha value is -4.78. The Morgan fingerprint density at radius 2 is 1.73 bits per heavy atom. The Bertz CT molecular complexity index is 1730. The molecular formula is C24H20ClF6N9O4. The van der Waals surface area contributed by atoms with Crippen molar-refractivity contribution in [3.8, 4) is 17.2 Å². The second-order valence-corrected chi connectivity index (χ2v) is 9.38. The van der Waals surface area contributed by atoms with Crippen molar-refractivity contribution in [3.05, 3.63) is 75.3 Å². The Balaban J connectivity index is 1.81. The van der Waals surface area contributed by atoms with Gasteiger partial charge in [-0.25, -0.2) is 19.4 Å². The van der Waals surface area contributed by atoms with E-state index in [0.29, 0.717) is 20.0 Å². The molecule has 1 atom stereocenters. The minimum absolute atomic E-state index is 0.124. The lowest BCUT2D eigenvalue weighted by molar-refractivity contribution is -0.224. The smallest absolute Gasteiger partial charge is 0.427 e. The highest BCUT2D eigenvalue weighted by molar-refractivity contribution is 6.30. The SMILES string of the molecule is NCCC(=O)O[C@@H](Cn1c(-c2ccc(Cl)cc2)nn(Cc2nc(C(N)=O)n(-c3ncccc3C(F)(F)F)n2)c1=O)C(F)(F)F. The quantitative estimate of drug-likeness (QED) is 0.193. The van der Waals surface area contributed by atoms with Gasteiger partial charge in [0.2, 0.25) is 11.9 Å². The van der Waals surface area contributed by atoms with Crippen molar-refractivity contribution in [2.24, 2.45) is 11.5 Å². The summed E-state index contributed by atoms with van der Waals surface area (Å²) in [5.74, 6) is -4.97. The summed E-state index contributed by atoms with van der Waals surface area (Å²) >= 11 is 5.90. The molecule has 1 aromatic carbocycles. The highest BCUT2D eigenvalue weighted by Gasteiger charge is 2.44. The third kappa shape index (κ3) is 7.05. The van der Waals surface area contributed by atoms with Crippen molar-refractivity contribution >= 4 is 23.5 Å². The molecule has 3 heterocycles. The molecule has 0 spiro atoms. The lowest BCUT2D eigenvalue weighted by Gasteiger charge is -2.21. The molecule has 1 amide bonds. The number of nitrogens with two attached hydrogens (primary N) is 2. The van der Waals surface area contributed by atoms with Gasteiger partial charge in [-0.05, 0) is 36.4 Å². The molecule has 0 saturated carbocycles. The molecule has 20 heteroatoms. The number of hydrogen-bond donors (Lipinski definition) is 2. The average Bonchev–Trinajstić information content (AvgIpc) is 3.49. The summed E-state index contributed by atoms with van der Waals surface area (Å²) in [7, 11) is 0. The van der Waals surface area contributed by atoms with Crippen LogP contribution in [0, 0.1) is 0 Å². The molecule has 0 bridgehead atoms. The molecule has 0 saturated heterocycles. The minimum Gasteiger partial charge on any atom is -0.451 e. The number of alkyl halides is 6. The summed E-state index contributed by atoms with van der Waals surface area (Å²) in [6.45, 7) is -2.25. The van der Waals surface area contributed by atoms with Crippen molar-refractivity contribution in [3.63, 3.8) is 0 Å². The Labute approximate surface area is 247 Å². The van der Waals surface area contributed by atoms with Crippen LogP contribution in [0.5, 0.6) is 0 Å². The van der Waals surface area contributed by atoms with Crippen molar-refractivity contribution in [2.75, 3.05) is 6.54 Å². The third-order valence-corrected chi connectivity index (χ3v) is 6.07. The molecule has 0 unspecified atom stereocenters. The van der Waals surface area contributed by atoms with Crippen LogP contribution in [-0.2, 0) is 28.8 Å². The molecule has 0 aliphatic heterocycles. The molecule has 13 nitrogen and oxygen atoms in total. The largest absolute Gasteiger partial charge is 0.451 e. The van der Waals surface area contributed by atoms with E-state index < -0.39 is 78.6 Å². The predicted molar refractivity (Wildman–Crippen MR) is 138 cm³/mol. The number of halogens is 7. The van der Waals surface area contributed by atoms with E-state index in [1.54, 1.807) is 0 Å². The average molecular weight is 648 g/mol. The van der Waals surface area contributed by atoms with Crippen LogP contribution in [0.25, 0.3) is 17.2 Å². The van der Waals surface area contributed by atoms with Crippen LogP contribution < -0.4 is 17.2 Å². The second kappa shape index (κ2) is 12.4. The number of amides is 1. The summed E-state index contributed by atoms with van der Waals surface area (Å²) in [6, 6.07) is 7.13. The van der Waals surface area contributed by atoms with Gasteiger partial charge in [0.15, 0.2) is 17.5 Å². The normalized spacial score (nSPS) is 12.7. The van der Waals surface area contributed by atoms with Crippen molar-refractivity contribution < 1.29 is 40.7 Å². The molecule has 0 aliphatic carbocycles. The Kier molecular flexibility index (Phi) is 9.09. The van der Waals surface area contributed by atoms with E-state index in [1.165, 1.54) is 24.3 Å². The van der Waals surface area contributed by atoms with E-state index in [-0.39, 0.29) is 23.0 Å². The third-order valence-electron chi connectivity index (χ3n) is 5.82. The number of primary amides is 1. The maximum Gasteiger partial charge on any atom is 0.427 e. The Morgan fingerprint density at radius 1 is 1.05 bits per heavy atom. The number of nitrogens with zero attached hydrogens (tertiary/aromatic N) is 7. The summed E-state index contributed by atoms with van der Waals surface area (Å²) in [5, 5.41) is 8.17. The second-order valence-electron chi connectivity index (χ2n) is 8.94. The van der Waals surface area contributed by atoms with Crippen molar-refractivity contribution in [2.45, 2.75) is 38.0 Å². The number of rotatable bonds is 10. The lowest BCUT2D eigenvalue weighted by Crippen LogP contribution is -2.40. The van der Waals surface area contributed by atoms with Gasteiger partial charge >= 0.3 is 24.0 Å². The molecule has 3 aromatic heterocycles. The van der Waals surface area contributed by atoms with E-state index in [1.807, 2.05) is 0 Å². The number of pyridine rings is 1. The molecular weight excluding hydrogens is 628 g/mol. The highest BCUT2D eigenvalue weighted by Crippen LogP contribution is 2.33. The first-order valence-corrected chi connectivity index (χ1v) is 12.7. The molecule has 0 fully saturated rings. The molecule has 4 N–H and O–H groups in total. The first-order chi connectivity index (χ1) is 20.6. The van der Waals surface area contributed by atoms with E-state index in [9.17, 15) is 40.7 Å². The van der Waals surface area contributed by atoms with E-state index in [4.69, 9.17) is 23.1 Å². The fraction of sp³-hybridized carbons (Fsp3) is 0.292. The predicted octanol–water partition coefficient (Wildman–Crippen LogP) is 2.33. The van der Waals surface area contributed by atoms with Gasteiger partial charge in [0, 0.05) is 23.3 Å². The summed E-state index contributed by atoms with van der Waals surface area (Å²) in [6.07, 6.45) is -12.3. The van der Waals surface area contributed by atoms with Crippen LogP contribution in [-0.4, -0.2) is 64.8 Å². The van der Waals surface area contributed by atoms with Gasteiger partial charge < -0.3 is 16.2 Å². The molecule has 4 aromatic rings.